The second-order valence-corrected chi connectivity index (χ2v) is 7.05. The molecule has 0 radical (unpaired) electrons. The van der Waals surface area contributed by atoms with E-state index in [4.69, 9.17) is 25.5 Å². The van der Waals surface area contributed by atoms with E-state index < -0.39 is 10.9 Å². The van der Waals surface area contributed by atoms with Crippen LogP contribution in [0.15, 0.2) is 76.1 Å². The van der Waals surface area contributed by atoms with E-state index in [-0.39, 0.29) is 33.0 Å². The van der Waals surface area contributed by atoms with Crippen molar-refractivity contribution in [3.05, 3.63) is 97.9 Å². The highest BCUT2D eigenvalue weighted by atomic mass is 35.5. The second-order valence-electron chi connectivity index (χ2n) is 6.65. The van der Waals surface area contributed by atoms with Crippen molar-refractivity contribution < 1.29 is 23.6 Å². The van der Waals surface area contributed by atoms with Crippen LogP contribution in [0.1, 0.15) is 10.4 Å². The van der Waals surface area contributed by atoms with Gasteiger partial charge >= 0.3 is 5.97 Å². The fourth-order valence-electron chi connectivity index (χ4n) is 3.17. The quantitative estimate of drug-likeness (QED) is 0.176. The van der Waals surface area contributed by atoms with Gasteiger partial charge in [-0.1, -0.05) is 29.8 Å². The number of nitro groups is 1. The Hall–Kier alpha value is -4.17. The van der Waals surface area contributed by atoms with Crippen LogP contribution in [0, 0.1) is 10.1 Å². The van der Waals surface area contributed by atoms with Gasteiger partial charge in [-0.25, -0.2) is 4.79 Å². The van der Waals surface area contributed by atoms with E-state index in [0.717, 1.165) is 12.1 Å². The monoisotopic (exact) mass is 451 g/mol. The fraction of sp³-hybridized carbons (Fsp3) is 0.0435. The fourth-order valence-corrected chi connectivity index (χ4v) is 3.42. The Balaban J connectivity index is 1.66. The van der Waals surface area contributed by atoms with Crippen LogP contribution < -0.4 is 14.9 Å². The minimum atomic E-state index is -0.808. The van der Waals surface area contributed by atoms with Crippen LogP contribution in [-0.4, -0.2) is 18.0 Å². The summed E-state index contributed by atoms with van der Waals surface area (Å²) in [5.74, 6) is -0.160. The molecule has 0 aliphatic carbocycles. The first-order valence-corrected chi connectivity index (χ1v) is 9.62. The molecule has 0 N–H and O–H groups in total. The number of fused-ring (bicyclic) bond motifs is 1. The van der Waals surface area contributed by atoms with E-state index in [2.05, 4.69) is 0 Å². The second kappa shape index (κ2) is 8.52. The van der Waals surface area contributed by atoms with E-state index >= 15 is 0 Å². The Kier molecular flexibility index (Phi) is 5.61. The van der Waals surface area contributed by atoms with Crippen molar-refractivity contribution in [3.63, 3.8) is 0 Å². The molecule has 0 spiro atoms. The first-order valence-electron chi connectivity index (χ1n) is 9.24. The van der Waals surface area contributed by atoms with Gasteiger partial charge in [-0.3, -0.25) is 14.9 Å². The maximum absolute atomic E-state index is 13.0. The van der Waals surface area contributed by atoms with E-state index in [1.165, 1.54) is 37.6 Å². The molecule has 4 rings (SSSR count). The van der Waals surface area contributed by atoms with Crippen molar-refractivity contribution in [2.75, 3.05) is 7.11 Å². The van der Waals surface area contributed by atoms with Crippen LogP contribution in [0.2, 0.25) is 5.02 Å². The van der Waals surface area contributed by atoms with E-state index in [9.17, 15) is 19.7 Å². The highest BCUT2D eigenvalue weighted by molar-refractivity contribution is 6.33. The Bertz CT molecular complexity index is 1430. The standard InChI is InChI=1S/C23H14ClNO7/c1-30-20-5-3-2-4-15(20)18-12-31-21-11-14(7-9-17(21)22(18)26)32-23(27)16-8-6-13(25(28)29)10-19(16)24/h2-12H,1H3. The molecule has 3 aromatic carbocycles. The Morgan fingerprint density at radius 2 is 1.84 bits per heavy atom. The molecule has 0 saturated carbocycles. The Morgan fingerprint density at radius 1 is 1.06 bits per heavy atom. The number of esters is 1. The zero-order valence-corrected chi connectivity index (χ0v) is 17.3. The topological polar surface area (TPSA) is 109 Å². The van der Waals surface area contributed by atoms with E-state index in [0.29, 0.717) is 22.3 Å². The molecular formula is C23H14ClNO7. The Labute approximate surface area is 185 Å². The van der Waals surface area contributed by atoms with Crippen LogP contribution in [0.3, 0.4) is 0 Å². The molecule has 0 saturated heterocycles. The van der Waals surface area contributed by atoms with Crippen molar-refractivity contribution in [3.8, 4) is 22.6 Å². The normalized spacial score (nSPS) is 10.7. The lowest BCUT2D eigenvalue weighted by Crippen LogP contribution is -2.10. The Morgan fingerprint density at radius 3 is 2.56 bits per heavy atom. The summed E-state index contributed by atoms with van der Waals surface area (Å²) in [6.45, 7) is 0. The summed E-state index contributed by atoms with van der Waals surface area (Å²) >= 11 is 5.98. The number of halogens is 1. The van der Waals surface area contributed by atoms with E-state index in [1.54, 1.807) is 24.3 Å². The van der Waals surface area contributed by atoms with Gasteiger partial charge in [-0.05, 0) is 24.3 Å². The van der Waals surface area contributed by atoms with Gasteiger partial charge in [0, 0.05) is 23.8 Å². The van der Waals surface area contributed by atoms with Gasteiger partial charge in [-0.15, -0.1) is 0 Å². The van der Waals surface area contributed by atoms with Gasteiger partial charge in [0.2, 0.25) is 5.43 Å². The number of methoxy groups -OCH3 is 1. The lowest BCUT2D eigenvalue weighted by atomic mass is 10.0. The largest absolute Gasteiger partial charge is 0.496 e. The predicted octanol–water partition coefficient (Wildman–Crippen LogP) is 5.25. The number of hydrogen-bond donors (Lipinski definition) is 0. The number of benzene rings is 3. The molecule has 0 aliphatic heterocycles. The highest BCUT2D eigenvalue weighted by Crippen LogP contribution is 2.30. The van der Waals surface area contributed by atoms with Gasteiger partial charge in [0.25, 0.3) is 5.69 Å². The van der Waals surface area contributed by atoms with Crippen molar-refractivity contribution >= 4 is 34.2 Å². The molecule has 4 aromatic rings. The first kappa shape index (κ1) is 21.1. The third-order valence-electron chi connectivity index (χ3n) is 4.74. The molecule has 0 aliphatic rings. The van der Waals surface area contributed by atoms with Crippen molar-refractivity contribution in [1.82, 2.24) is 0 Å². The summed E-state index contributed by atoms with van der Waals surface area (Å²) in [6, 6.07) is 14.8. The average molecular weight is 452 g/mol. The summed E-state index contributed by atoms with van der Waals surface area (Å²) in [6.07, 6.45) is 1.32. The molecule has 1 aromatic heterocycles. The molecule has 0 unspecified atom stereocenters. The van der Waals surface area contributed by atoms with Crippen molar-refractivity contribution in [2.45, 2.75) is 0 Å². The number of nitrogens with zero attached hydrogens (tertiary/aromatic N) is 1. The smallest absolute Gasteiger partial charge is 0.345 e. The summed E-state index contributed by atoms with van der Waals surface area (Å²) in [4.78, 5) is 35.6. The molecule has 8 nitrogen and oxygen atoms in total. The molecule has 160 valence electrons. The number of hydrogen-bond acceptors (Lipinski definition) is 7. The summed E-state index contributed by atoms with van der Waals surface area (Å²) in [5, 5.41) is 11.0. The maximum atomic E-state index is 13.0. The van der Waals surface area contributed by atoms with Crippen LogP contribution in [0.5, 0.6) is 11.5 Å². The molecule has 9 heteroatoms. The van der Waals surface area contributed by atoms with Crippen LogP contribution >= 0.6 is 11.6 Å². The molecule has 32 heavy (non-hydrogen) atoms. The zero-order chi connectivity index (χ0) is 22.8. The third-order valence-corrected chi connectivity index (χ3v) is 5.05. The third kappa shape index (κ3) is 3.91. The predicted molar refractivity (Wildman–Crippen MR) is 118 cm³/mol. The molecular weight excluding hydrogens is 438 g/mol. The zero-order valence-electron chi connectivity index (χ0n) is 16.5. The van der Waals surface area contributed by atoms with Gasteiger partial charge < -0.3 is 13.9 Å². The maximum Gasteiger partial charge on any atom is 0.345 e. The number of nitro benzene ring substituents is 1. The number of carbonyl (C=O) groups is 1. The van der Waals surface area contributed by atoms with Gasteiger partial charge in [0.05, 0.1) is 33.6 Å². The molecule has 0 amide bonds. The summed E-state index contributed by atoms with van der Waals surface area (Å²) in [5.41, 5.74) is 0.585. The minimum absolute atomic E-state index is 0.0367. The number of ether oxygens (including phenoxy) is 2. The number of carbonyl (C=O) groups excluding carboxylic acids is 1. The SMILES string of the molecule is COc1ccccc1-c1coc2cc(OC(=O)c3ccc([N+](=O)[O-])cc3Cl)ccc2c1=O. The molecule has 0 bridgehead atoms. The molecule has 1 heterocycles. The van der Waals surface area contributed by atoms with Crippen LogP contribution in [0.25, 0.3) is 22.1 Å². The highest BCUT2D eigenvalue weighted by Gasteiger charge is 2.18. The lowest BCUT2D eigenvalue weighted by Gasteiger charge is -2.09. The number of non-ortho nitro benzene ring substituents is 1. The van der Waals surface area contributed by atoms with Crippen LogP contribution in [0.4, 0.5) is 5.69 Å². The van der Waals surface area contributed by atoms with Gasteiger partial charge in [0.15, 0.2) is 0 Å². The van der Waals surface area contributed by atoms with Crippen molar-refractivity contribution in [2.24, 2.45) is 0 Å². The summed E-state index contributed by atoms with van der Waals surface area (Å²) in [7, 11) is 1.51. The number of para-hydroxylation sites is 1. The number of rotatable bonds is 5. The van der Waals surface area contributed by atoms with Crippen LogP contribution in [-0.2, 0) is 0 Å². The van der Waals surface area contributed by atoms with Crippen molar-refractivity contribution in [1.29, 1.82) is 0 Å². The van der Waals surface area contributed by atoms with Gasteiger partial charge in [-0.2, -0.15) is 0 Å². The average Bonchev–Trinajstić information content (AvgIpc) is 2.79. The molecule has 0 fully saturated rings. The molecule has 0 atom stereocenters. The minimum Gasteiger partial charge on any atom is -0.496 e. The van der Waals surface area contributed by atoms with E-state index in [1.807, 2.05) is 0 Å². The lowest BCUT2D eigenvalue weighted by molar-refractivity contribution is -0.384. The first-order chi connectivity index (χ1) is 15.4. The summed E-state index contributed by atoms with van der Waals surface area (Å²) < 4.78 is 16.2. The van der Waals surface area contributed by atoms with Gasteiger partial charge in [0.1, 0.15) is 23.3 Å².